The number of fused-ring (bicyclic) bond motifs is 4. The van der Waals surface area contributed by atoms with E-state index in [4.69, 9.17) is 13.3 Å². The van der Waals surface area contributed by atoms with E-state index in [1.165, 1.54) is 49.0 Å². The van der Waals surface area contributed by atoms with E-state index in [-0.39, 0.29) is 0 Å². The molecule has 0 aliphatic heterocycles. The molecule has 11 rings (SSSR count). The molecule has 3 aromatic heterocycles. The standard InChI is InChI=1S/C40H20O3/c1-2-11-28-26(8-1)35-24(9-4-12-29(35)41-28)22-6-3-7-23(20-22)25-16-19-33-40-36(25)27-10-5-13-30-37(27)38-31(42-30)17-14-21-15-18-32(43-33)39(40)34(21)38/h1-20H. The number of benzene rings is 7. The second kappa shape index (κ2) is 7.53. The Morgan fingerprint density at radius 3 is 1.74 bits per heavy atom. The molecule has 0 radical (unpaired) electrons. The fraction of sp³-hybridized carbons (Fsp3) is 0. The van der Waals surface area contributed by atoms with E-state index in [1.54, 1.807) is 0 Å². The van der Waals surface area contributed by atoms with E-state index in [0.717, 1.165) is 61.0 Å². The monoisotopic (exact) mass is 548 g/mol. The van der Waals surface area contributed by atoms with Gasteiger partial charge in [-0.15, -0.1) is 0 Å². The van der Waals surface area contributed by atoms with E-state index in [2.05, 4.69) is 109 Å². The molecular formula is C40H20O3. The van der Waals surface area contributed by atoms with Crippen LogP contribution < -0.4 is 0 Å². The van der Waals surface area contributed by atoms with Gasteiger partial charge in [0.15, 0.2) is 0 Å². The number of furan rings is 3. The topological polar surface area (TPSA) is 39.4 Å². The molecule has 0 bridgehead atoms. The molecule has 0 atom stereocenters. The summed E-state index contributed by atoms with van der Waals surface area (Å²) in [6, 6.07) is 42.8. The first-order valence-corrected chi connectivity index (χ1v) is 14.6. The zero-order valence-corrected chi connectivity index (χ0v) is 22.8. The molecule has 0 amide bonds. The van der Waals surface area contributed by atoms with Gasteiger partial charge in [-0.05, 0) is 75.7 Å². The first-order chi connectivity index (χ1) is 21.3. The molecule has 0 N–H and O–H groups in total. The number of para-hydroxylation sites is 1. The molecule has 0 fully saturated rings. The van der Waals surface area contributed by atoms with Crippen molar-refractivity contribution < 1.29 is 13.3 Å². The number of hydrogen-bond acceptors (Lipinski definition) is 3. The third-order valence-corrected chi connectivity index (χ3v) is 9.40. The van der Waals surface area contributed by atoms with Crippen LogP contribution in [-0.2, 0) is 0 Å². The van der Waals surface area contributed by atoms with Crippen LogP contribution in [0.3, 0.4) is 0 Å². The van der Waals surface area contributed by atoms with Crippen LogP contribution >= 0.6 is 0 Å². The van der Waals surface area contributed by atoms with Crippen molar-refractivity contribution in [3.05, 3.63) is 121 Å². The van der Waals surface area contributed by atoms with E-state index in [1.807, 2.05) is 12.1 Å². The lowest BCUT2D eigenvalue weighted by molar-refractivity contribution is 0.668. The fourth-order valence-electron chi connectivity index (χ4n) is 7.67. The van der Waals surface area contributed by atoms with E-state index in [0.29, 0.717) is 0 Å². The highest BCUT2D eigenvalue weighted by atomic mass is 16.3. The first-order valence-electron chi connectivity index (χ1n) is 14.6. The molecule has 43 heavy (non-hydrogen) atoms. The van der Waals surface area contributed by atoms with Crippen molar-refractivity contribution in [2.75, 3.05) is 0 Å². The highest BCUT2D eigenvalue weighted by Gasteiger charge is 2.27. The highest BCUT2D eigenvalue weighted by molar-refractivity contribution is 6.37. The van der Waals surface area contributed by atoms with Crippen molar-refractivity contribution >= 4 is 76.6 Å². The van der Waals surface area contributed by atoms with Crippen LogP contribution in [-0.4, -0.2) is 0 Å². The van der Waals surface area contributed by atoms with Crippen molar-refractivity contribution in [1.29, 1.82) is 0 Å². The molecule has 0 saturated carbocycles. The van der Waals surface area contributed by atoms with Crippen molar-refractivity contribution in [1.82, 2.24) is 0 Å². The average molecular weight is 549 g/mol. The van der Waals surface area contributed by atoms with Crippen molar-refractivity contribution in [2.45, 2.75) is 0 Å². The molecule has 0 unspecified atom stereocenters. The smallest absolute Gasteiger partial charge is 0.136 e. The Balaban J connectivity index is 1.27. The first kappa shape index (κ1) is 21.9. The summed E-state index contributed by atoms with van der Waals surface area (Å²) in [4.78, 5) is 0. The summed E-state index contributed by atoms with van der Waals surface area (Å²) in [5.74, 6) is 0. The molecular weight excluding hydrogens is 528 g/mol. The maximum absolute atomic E-state index is 6.52. The Labute approximate surface area is 244 Å². The Bertz CT molecular complexity index is 2830. The van der Waals surface area contributed by atoms with Crippen molar-refractivity contribution in [3.63, 3.8) is 0 Å². The maximum Gasteiger partial charge on any atom is 0.136 e. The molecule has 1 aliphatic carbocycles. The van der Waals surface area contributed by atoms with Crippen LogP contribution in [0.4, 0.5) is 0 Å². The van der Waals surface area contributed by atoms with Gasteiger partial charge in [-0.25, -0.2) is 0 Å². The SMILES string of the molecule is c1cc(-c2ccc3oc4ccc5ccc6oc7cccc8c7c6c5c4c3c2-8)cc(-c2cccc3oc4ccccc4c23)c1. The maximum atomic E-state index is 6.52. The van der Waals surface area contributed by atoms with Gasteiger partial charge >= 0.3 is 0 Å². The summed E-state index contributed by atoms with van der Waals surface area (Å²) >= 11 is 0. The molecule has 7 aromatic carbocycles. The van der Waals surface area contributed by atoms with Gasteiger partial charge in [0.25, 0.3) is 0 Å². The molecule has 3 nitrogen and oxygen atoms in total. The predicted octanol–water partition coefficient (Wildman–Crippen LogP) is 11.9. The van der Waals surface area contributed by atoms with Crippen molar-refractivity contribution in [2.24, 2.45) is 0 Å². The van der Waals surface area contributed by atoms with Crippen LogP contribution in [0.5, 0.6) is 0 Å². The zero-order chi connectivity index (χ0) is 27.8. The summed E-state index contributed by atoms with van der Waals surface area (Å²) in [5.41, 5.74) is 12.5. The van der Waals surface area contributed by atoms with Gasteiger partial charge in [-0.2, -0.15) is 0 Å². The van der Waals surface area contributed by atoms with E-state index < -0.39 is 0 Å². The molecule has 198 valence electrons. The summed E-state index contributed by atoms with van der Waals surface area (Å²) in [6.45, 7) is 0. The number of hydrogen-bond donors (Lipinski definition) is 0. The summed E-state index contributed by atoms with van der Waals surface area (Å²) in [5, 5.41) is 9.37. The number of rotatable bonds is 2. The van der Waals surface area contributed by atoms with E-state index in [9.17, 15) is 0 Å². The summed E-state index contributed by atoms with van der Waals surface area (Å²) < 4.78 is 19.2. The Morgan fingerprint density at radius 1 is 0.326 bits per heavy atom. The third-order valence-electron chi connectivity index (χ3n) is 9.40. The Kier molecular flexibility index (Phi) is 3.83. The largest absolute Gasteiger partial charge is 0.456 e. The van der Waals surface area contributed by atoms with Gasteiger partial charge in [-0.3, -0.25) is 0 Å². The van der Waals surface area contributed by atoms with Gasteiger partial charge in [0, 0.05) is 43.3 Å². The molecule has 3 heterocycles. The lowest BCUT2D eigenvalue weighted by Crippen LogP contribution is -1.88. The van der Waals surface area contributed by atoms with E-state index >= 15 is 0 Å². The van der Waals surface area contributed by atoms with Gasteiger partial charge in [0.05, 0.1) is 0 Å². The third kappa shape index (κ3) is 2.66. The van der Waals surface area contributed by atoms with Gasteiger partial charge in [0.1, 0.15) is 33.5 Å². The van der Waals surface area contributed by atoms with Crippen LogP contribution in [0.1, 0.15) is 0 Å². The van der Waals surface area contributed by atoms with Gasteiger partial charge < -0.3 is 13.3 Å². The predicted molar refractivity (Wildman–Crippen MR) is 176 cm³/mol. The molecule has 1 aliphatic rings. The quantitative estimate of drug-likeness (QED) is 0.216. The van der Waals surface area contributed by atoms with Gasteiger partial charge in [0.2, 0.25) is 0 Å². The van der Waals surface area contributed by atoms with Crippen LogP contribution in [0, 0.1) is 0 Å². The van der Waals surface area contributed by atoms with Crippen molar-refractivity contribution in [3.8, 4) is 33.4 Å². The lowest BCUT2D eigenvalue weighted by Gasteiger charge is -2.14. The second-order valence-corrected chi connectivity index (χ2v) is 11.6. The summed E-state index contributed by atoms with van der Waals surface area (Å²) in [7, 11) is 0. The van der Waals surface area contributed by atoms with Gasteiger partial charge in [-0.1, -0.05) is 78.9 Å². The Morgan fingerprint density at radius 2 is 0.907 bits per heavy atom. The van der Waals surface area contributed by atoms with Crippen LogP contribution in [0.15, 0.2) is 135 Å². The minimum absolute atomic E-state index is 0.902. The van der Waals surface area contributed by atoms with Crippen LogP contribution in [0.25, 0.3) is 110 Å². The average Bonchev–Trinajstić information content (AvgIpc) is 3.72. The summed E-state index contributed by atoms with van der Waals surface area (Å²) in [6.07, 6.45) is 0. The Hall–Kier alpha value is -5.80. The molecule has 0 spiro atoms. The molecule has 3 heteroatoms. The minimum Gasteiger partial charge on any atom is -0.456 e. The molecule has 10 aromatic rings. The fourth-order valence-corrected chi connectivity index (χ4v) is 7.67. The van der Waals surface area contributed by atoms with Crippen LogP contribution in [0.2, 0.25) is 0 Å². The second-order valence-electron chi connectivity index (χ2n) is 11.6. The zero-order valence-electron chi connectivity index (χ0n) is 22.8. The minimum atomic E-state index is 0.902. The molecule has 0 saturated heterocycles. The highest BCUT2D eigenvalue weighted by Crippen LogP contribution is 2.52. The lowest BCUT2D eigenvalue weighted by atomic mass is 9.88. The normalized spacial score (nSPS) is 12.7.